The van der Waals surface area contributed by atoms with Crippen LogP contribution in [0.15, 0.2) is 30.7 Å². The number of nitrogens with one attached hydrogen (secondary N) is 3. The van der Waals surface area contributed by atoms with Gasteiger partial charge in [-0.1, -0.05) is 6.07 Å². The number of halogens is 3. The van der Waals surface area contributed by atoms with Crippen molar-refractivity contribution in [3.63, 3.8) is 0 Å². The first-order valence-corrected chi connectivity index (χ1v) is 11.3. The summed E-state index contributed by atoms with van der Waals surface area (Å²) in [4.78, 5) is 49.3. The largest absolute Gasteiger partial charge is 0.416 e. The fraction of sp³-hybridized carbons (Fsp3) is 0.273. The standard InChI is InChI=1S/C22H19F3N6O3S/c1-11-5-6-12(7-14(11)22(23,24)25)30-20(33)15-8-26-17(35-15)9-27-21(34)18-13-3-2-4-16(32)31-19(13)29-10-28-18/h5-8,10H,2-4,9H2,1H3,(H,27,34)(H,30,33)(H,28,29,31,32). The Bertz CT molecular complexity index is 1310. The molecule has 3 N–H and O–H groups in total. The van der Waals surface area contributed by atoms with Gasteiger partial charge in [0, 0.05) is 17.7 Å². The molecule has 0 unspecified atom stereocenters. The molecule has 1 aliphatic heterocycles. The number of carbonyl (C=O) groups excluding carboxylic acids is 3. The van der Waals surface area contributed by atoms with E-state index in [1.165, 1.54) is 31.6 Å². The molecule has 0 spiro atoms. The van der Waals surface area contributed by atoms with E-state index in [4.69, 9.17) is 0 Å². The molecule has 1 aliphatic rings. The van der Waals surface area contributed by atoms with Crippen LogP contribution in [0.5, 0.6) is 0 Å². The molecule has 4 rings (SSSR count). The summed E-state index contributed by atoms with van der Waals surface area (Å²) < 4.78 is 39.3. The van der Waals surface area contributed by atoms with E-state index in [-0.39, 0.29) is 34.3 Å². The summed E-state index contributed by atoms with van der Waals surface area (Å²) in [5, 5.41) is 8.19. The van der Waals surface area contributed by atoms with E-state index in [1.54, 1.807) is 0 Å². The number of hydrogen-bond acceptors (Lipinski definition) is 7. The van der Waals surface area contributed by atoms with Crippen molar-refractivity contribution in [1.82, 2.24) is 20.3 Å². The summed E-state index contributed by atoms with van der Waals surface area (Å²) in [6, 6.07) is 3.55. The highest BCUT2D eigenvalue weighted by Gasteiger charge is 2.32. The maximum atomic E-state index is 13.1. The highest BCUT2D eigenvalue weighted by Crippen LogP contribution is 2.33. The molecule has 0 bridgehead atoms. The van der Waals surface area contributed by atoms with Crippen LogP contribution in [0.2, 0.25) is 0 Å². The molecule has 13 heteroatoms. The third-order valence-electron chi connectivity index (χ3n) is 5.23. The second kappa shape index (κ2) is 9.78. The van der Waals surface area contributed by atoms with Gasteiger partial charge in [0.15, 0.2) is 0 Å². The average Bonchev–Trinajstić information content (AvgIpc) is 3.19. The Balaban J connectivity index is 1.40. The highest BCUT2D eigenvalue weighted by molar-refractivity contribution is 7.13. The zero-order valence-corrected chi connectivity index (χ0v) is 19.1. The molecule has 2 aromatic heterocycles. The predicted molar refractivity (Wildman–Crippen MR) is 121 cm³/mol. The fourth-order valence-electron chi connectivity index (χ4n) is 3.51. The summed E-state index contributed by atoms with van der Waals surface area (Å²) in [5.74, 6) is -0.970. The molecule has 0 saturated carbocycles. The molecule has 0 fully saturated rings. The number of amides is 3. The second-order valence-corrected chi connectivity index (χ2v) is 8.85. The van der Waals surface area contributed by atoms with Crippen LogP contribution < -0.4 is 16.0 Å². The molecule has 1 aromatic carbocycles. The van der Waals surface area contributed by atoms with Gasteiger partial charge in [-0.15, -0.1) is 11.3 Å². The van der Waals surface area contributed by atoms with Crippen molar-refractivity contribution >= 4 is 40.6 Å². The van der Waals surface area contributed by atoms with Gasteiger partial charge < -0.3 is 16.0 Å². The Labute approximate surface area is 201 Å². The first-order chi connectivity index (χ1) is 16.6. The van der Waals surface area contributed by atoms with Crippen LogP contribution in [-0.4, -0.2) is 32.7 Å². The van der Waals surface area contributed by atoms with Crippen LogP contribution in [0.4, 0.5) is 24.7 Å². The van der Waals surface area contributed by atoms with Gasteiger partial charge in [-0.05, 0) is 37.5 Å². The minimum atomic E-state index is -4.53. The van der Waals surface area contributed by atoms with Gasteiger partial charge in [0.05, 0.1) is 18.3 Å². The average molecular weight is 504 g/mol. The molecule has 182 valence electrons. The van der Waals surface area contributed by atoms with E-state index in [2.05, 4.69) is 30.9 Å². The first kappa shape index (κ1) is 24.3. The van der Waals surface area contributed by atoms with Crippen molar-refractivity contribution < 1.29 is 27.6 Å². The number of nitrogens with zero attached hydrogens (tertiary/aromatic N) is 3. The summed E-state index contributed by atoms with van der Waals surface area (Å²) in [5.41, 5.74) is -0.0786. The normalized spacial score (nSPS) is 13.4. The molecule has 0 saturated heterocycles. The zero-order valence-electron chi connectivity index (χ0n) is 18.3. The van der Waals surface area contributed by atoms with Crippen molar-refractivity contribution in [2.24, 2.45) is 0 Å². The molecule has 35 heavy (non-hydrogen) atoms. The van der Waals surface area contributed by atoms with Gasteiger partial charge in [0.1, 0.15) is 27.7 Å². The van der Waals surface area contributed by atoms with Gasteiger partial charge in [-0.3, -0.25) is 14.4 Å². The van der Waals surface area contributed by atoms with Gasteiger partial charge >= 0.3 is 6.18 Å². The minimum Gasteiger partial charge on any atom is -0.344 e. The number of alkyl halides is 3. The number of rotatable bonds is 5. The molecular formula is C22H19F3N6O3S. The SMILES string of the molecule is Cc1ccc(NC(=O)c2cnc(CNC(=O)c3ncnc4c3CCCC(=O)N4)s2)cc1C(F)(F)F. The highest BCUT2D eigenvalue weighted by atomic mass is 32.1. The van der Waals surface area contributed by atoms with Gasteiger partial charge in [-0.25, -0.2) is 15.0 Å². The first-order valence-electron chi connectivity index (χ1n) is 10.5. The van der Waals surface area contributed by atoms with E-state index < -0.39 is 23.6 Å². The van der Waals surface area contributed by atoms with Gasteiger partial charge in [0.2, 0.25) is 5.91 Å². The Morgan fingerprint density at radius 2 is 1.94 bits per heavy atom. The molecule has 0 radical (unpaired) electrons. The topological polar surface area (TPSA) is 126 Å². The quantitative estimate of drug-likeness (QED) is 0.486. The predicted octanol–water partition coefficient (Wildman–Crippen LogP) is 3.72. The monoisotopic (exact) mass is 504 g/mol. The Kier molecular flexibility index (Phi) is 6.78. The van der Waals surface area contributed by atoms with E-state index in [9.17, 15) is 27.6 Å². The van der Waals surface area contributed by atoms with Gasteiger partial charge in [-0.2, -0.15) is 13.2 Å². The number of fused-ring (bicyclic) bond motifs is 1. The molecular weight excluding hydrogens is 485 g/mol. The Morgan fingerprint density at radius 3 is 2.71 bits per heavy atom. The van der Waals surface area contributed by atoms with Crippen molar-refractivity contribution in [3.8, 4) is 0 Å². The summed E-state index contributed by atoms with van der Waals surface area (Å²) in [7, 11) is 0. The van der Waals surface area contributed by atoms with Crippen LogP contribution in [0.25, 0.3) is 0 Å². The third kappa shape index (κ3) is 5.62. The summed E-state index contributed by atoms with van der Waals surface area (Å²) in [6.07, 6.45) is -0.708. The summed E-state index contributed by atoms with van der Waals surface area (Å²) in [6.45, 7) is 1.34. The zero-order chi connectivity index (χ0) is 25.2. The summed E-state index contributed by atoms with van der Waals surface area (Å²) >= 11 is 0.993. The molecule has 3 heterocycles. The van der Waals surface area contributed by atoms with Crippen LogP contribution in [-0.2, 0) is 23.9 Å². The number of thiazole rings is 1. The lowest BCUT2D eigenvalue weighted by atomic mass is 10.1. The number of anilines is 2. The lowest BCUT2D eigenvalue weighted by Gasteiger charge is -2.12. The van der Waals surface area contributed by atoms with E-state index in [0.29, 0.717) is 35.7 Å². The van der Waals surface area contributed by atoms with Crippen molar-refractivity contribution in [3.05, 3.63) is 63.0 Å². The van der Waals surface area contributed by atoms with Crippen molar-refractivity contribution in [1.29, 1.82) is 0 Å². The van der Waals surface area contributed by atoms with Crippen LogP contribution in [0.3, 0.4) is 0 Å². The maximum Gasteiger partial charge on any atom is 0.416 e. The fourth-order valence-corrected chi connectivity index (χ4v) is 4.26. The van der Waals surface area contributed by atoms with Crippen LogP contribution in [0.1, 0.15) is 54.7 Å². The molecule has 3 aromatic rings. The van der Waals surface area contributed by atoms with Crippen molar-refractivity contribution in [2.75, 3.05) is 10.6 Å². The number of aromatic nitrogens is 3. The lowest BCUT2D eigenvalue weighted by molar-refractivity contribution is -0.138. The number of benzene rings is 1. The van der Waals surface area contributed by atoms with Crippen molar-refractivity contribution in [2.45, 2.75) is 38.9 Å². The maximum absolute atomic E-state index is 13.1. The Hall–Kier alpha value is -3.87. The number of aryl methyl sites for hydroxylation is 1. The second-order valence-electron chi connectivity index (χ2n) is 7.73. The van der Waals surface area contributed by atoms with E-state index in [1.807, 2.05) is 0 Å². The lowest BCUT2D eigenvalue weighted by Crippen LogP contribution is -2.25. The number of hydrogen-bond donors (Lipinski definition) is 3. The van der Waals surface area contributed by atoms with Crippen LogP contribution in [0, 0.1) is 6.92 Å². The molecule has 3 amide bonds. The molecule has 0 atom stereocenters. The van der Waals surface area contributed by atoms with Gasteiger partial charge in [0.25, 0.3) is 11.8 Å². The Morgan fingerprint density at radius 1 is 1.14 bits per heavy atom. The van der Waals surface area contributed by atoms with E-state index >= 15 is 0 Å². The third-order valence-corrected chi connectivity index (χ3v) is 6.22. The number of carbonyl (C=O) groups is 3. The minimum absolute atomic E-state index is 0.00463. The van der Waals surface area contributed by atoms with E-state index in [0.717, 1.165) is 17.4 Å². The molecule has 9 nitrogen and oxygen atoms in total. The van der Waals surface area contributed by atoms with Crippen LogP contribution >= 0.6 is 11.3 Å². The molecule has 0 aliphatic carbocycles. The smallest absolute Gasteiger partial charge is 0.344 e.